The molecule has 4 nitrogen and oxygen atoms in total. The fourth-order valence-corrected chi connectivity index (χ4v) is 2.45. The molecule has 0 radical (unpaired) electrons. The molecular weight excluding hydrogens is 277 g/mol. The summed E-state index contributed by atoms with van der Waals surface area (Å²) >= 11 is 1.45. The van der Waals surface area contributed by atoms with Crippen molar-refractivity contribution in [2.75, 3.05) is 17.2 Å². The van der Waals surface area contributed by atoms with Crippen LogP contribution in [0.3, 0.4) is 0 Å². The standard InChI is InChI=1S/C14H16FN3OS/c1-3-6-16-14-18-13(8-20-14)11-5-4-10(7-12(11)15)17-9(2)19/h4-5,7-8H,3,6H2,1-2H3,(H,16,18)(H,17,19). The number of nitrogens with one attached hydrogen (secondary N) is 2. The molecule has 2 rings (SSSR count). The number of thiazole rings is 1. The number of nitrogens with zero attached hydrogens (tertiary/aromatic N) is 1. The molecule has 0 spiro atoms. The summed E-state index contributed by atoms with van der Waals surface area (Å²) in [7, 11) is 0. The fourth-order valence-electron chi connectivity index (χ4n) is 1.71. The molecule has 0 saturated carbocycles. The van der Waals surface area contributed by atoms with E-state index in [1.807, 2.05) is 5.38 Å². The highest BCUT2D eigenvalue weighted by Crippen LogP contribution is 2.28. The number of carbonyl (C=O) groups excluding carboxylic acids is 1. The van der Waals surface area contributed by atoms with E-state index in [0.29, 0.717) is 16.9 Å². The highest BCUT2D eigenvalue weighted by molar-refractivity contribution is 7.14. The smallest absolute Gasteiger partial charge is 0.221 e. The van der Waals surface area contributed by atoms with Gasteiger partial charge in [-0.2, -0.15) is 0 Å². The number of carbonyl (C=O) groups is 1. The Balaban J connectivity index is 2.20. The van der Waals surface area contributed by atoms with Gasteiger partial charge in [0, 0.05) is 30.1 Å². The third kappa shape index (κ3) is 3.54. The zero-order valence-corrected chi connectivity index (χ0v) is 12.2. The molecule has 1 aromatic carbocycles. The molecule has 0 unspecified atom stereocenters. The van der Waals surface area contributed by atoms with Gasteiger partial charge in [-0.25, -0.2) is 9.37 Å². The molecule has 20 heavy (non-hydrogen) atoms. The first-order chi connectivity index (χ1) is 9.60. The molecule has 2 aromatic rings. The van der Waals surface area contributed by atoms with Gasteiger partial charge < -0.3 is 10.6 Å². The molecule has 0 bridgehead atoms. The molecule has 1 aromatic heterocycles. The lowest BCUT2D eigenvalue weighted by molar-refractivity contribution is -0.114. The average molecular weight is 293 g/mol. The van der Waals surface area contributed by atoms with Gasteiger partial charge in [0.2, 0.25) is 5.91 Å². The summed E-state index contributed by atoms with van der Waals surface area (Å²) in [6.45, 7) is 4.30. The van der Waals surface area contributed by atoms with Crippen molar-refractivity contribution in [1.82, 2.24) is 4.98 Å². The summed E-state index contributed by atoms with van der Waals surface area (Å²) in [5, 5.41) is 8.32. The number of aromatic nitrogens is 1. The Morgan fingerprint density at radius 2 is 2.25 bits per heavy atom. The second-order valence-electron chi connectivity index (χ2n) is 4.34. The van der Waals surface area contributed by atoms with Crippen molar-refractivity contribution in [3.63, 3.8) is 0 Å². The number of anilines is 2. The van der Waals surface area contributed by atoms with Crippen LogP contribution in [0.15, 0.2) is 23.6 Å². The molecule has 1 heterocycles. The van der Waals surface area contributed by atoms with Gasteiger partial charge in [-0.1, -0.05) is 6.92 Å². The van der Waals surface area contributed by atoms with Gasteiger partial charge in [0.25, 0.3) is 0 Å². The summed E-state index contributed by atoms with van der Waals surface area (Å²) < 4.78 is 14.0. The largest absolute Gasteiger partial charge is 0.362 e. The maximum Gasteiger partial charge on any atom is 0.221 e. The summed E-state index contributed by atoms with van der Waals surface area (Å²) in [6, 6.07) is 4.59. The van der Waals surface area contributed by atoms with E-state index >= 15 is 0 Å². The maximum absolute atomic E-state index is 14.0. The molecule has 0 aliphatic carbocycles. The molecule has 0 atom stereocenters. The Hall–Kier alpha value is -1.95. The van der Waals surface area contributed by atoms with Crippen molar-refractivity contribution < 1.29 is 9.18 Å². The molecule has 2 N–H and O–H groups in total. The van der Waals surface area contributed by atoms with Crippen molar-refractivity contribution in [3.05, 3.63) is 29.4 Å². The van der Waals surface area contributed by atoms with E-state index in [4.69, 9.17) is 0 Å². The van der Waals surface area contributed by atoms with E-state index in [1.165, 1.54) is 24.3 Å². The van der Waals surface area contributed by atoms with Crippen LogP contribution in [0.4, 0.5) is 15.2 Å². The Labute approximate surface area is 121 Å². The maximum atomic E-state index is 14.0. The predicted molar refractivity (Wildman–Crippen MR) is 80.6 cm³/mol. The lowest BCUT2D eigenvalue weighted by atomic mass is 10.1. The molecule has 0 aliphatic heterocycles. The van der Waals surface area contributed by atoms with E-state index in [1.54, 1.807) is 12.1 Å². The van der Waals surface area contributed by atoms with Crippen LogP contribution >= 0.6 is 11.3 Å². The van der Waals surface area contributed by atoms with Crippen LogP contribution < -0.4 is 10.6 Å². The van der Waals surface area contributed by atoms with Crippen molar-refractivity contribution >= 4 is 28.1 Å². The topological polar surface area (TPSA) is 54.0 Å². The third-order valence-corrected chi connectivity index (χ3v) is 3.40. The van der Waals surface area contributed by atoms with Gasteiger partial charge in [-0.15, -0.1) is 11.3 Å². The van der Waals surface area contributed by atoms with Gasteiger partial charge >= 0.3 is 0 Å². The molecule has 106 valence electrons. The molecule has 0 fully saturated rings. The van der Waals surface area contributed by atoms with E-state index in [9.17, 15) is 9.18 Å². The summed E-state index contributed by atoms with van der Waals surface area (Å²) in [5.41, 5.74) is 1.47. The van der Waals surface area contributed by atoms with Crippen LogP contribution in [-0.4, -0.2) is 17.4 Å². The third-order valence-electron chi connectivity index (χ3n) is 2.60. The minimum absolute atomic E-state index is 0.225. The molecule has 1 amide bonds. The van der Waals surface area contributed by atoms with E-state index in [0.717, 1.165) is 18.1 Å². The molecule has 0 aliphatic rings. The number of hydrogen-bond acceptors (Lipinski definition) is 4. The second kappa shape index (κ2) is 6.47. The van der Waals surface area contributed by atoms with E-state index in [-0.39, 0.29) is 5.91 Å². The van der Waals surface area contributed by atoms with Crippen LogP contribution in [0, 0.1) is 5.82 Å². The van der Waals surface area contributed by atoms with Gasteiger partial charge in [0.1, 0.15) is 5.82 Å². The van der Waals surface area contributed by atoms with Crippen molar-refractivity contribution in [2.45, 2.75) is 20.3 Å². The molecular formula is C14H16FN3OS. The number of rotatable bonds is 5. The Morgan fingerprint density at radius 3 is 2.90 bits per heavy atom. The summed E-state index contributed by atoms with van der Waals surface area (Å²) in [5.74, 6) is -0.625. The van der Waals surface area contributed by atoms with Crippen molar-refractivity contribution in [1.29, 1.82) is 0 Å². The minimum atomic E-state index is -0.399. The Bertz CT molecular complexity index is 612. The SMILES string of the molecule is CCCNc1nc(-c2ccc(NC(C)=O)cc2F)cs1. The summed E-state index contributed by atoms with van der Waals surface area (Å²) in [6.07, 6.45) is 1.01. The zero-order valence-electron chi connectivity index (χ0n) is 11.4. The number of amides is 1. The quantitative estimate of drug-likeness (QED) is 0.883. The first-order valence-corrected chi connectivity index (χ1v) is 7.25. The van der Waals surface area contributed by atoms with Crippen LogP contribution in [0.5, 0.6) is 0 Å². The normalized spacial score (nSPS) is 10.3. The first-order valence-electron chi connectivity index (χ1n) is 6.37. The minimum Gasteiger partial charge on any atom is -0.362 e. The van der Waals surface area contributed by atoms with Crippen LogP contribution in [0.2, 0.25) is 0 Å². The van der Waals surface area contributed by atoms with E-state index in [2.05, 4.69) is 22.5 Å². The lowest BCUT2D eigenvalue weighted by Gasteiger charge is -2.05. The highest BCUT2D eigenvalue weighted by atomic mass is 32.1. The van der Waals surface area contributed by atoms with Crippen LogP contribution in [0.1, 0.15) is 20.3 Å². The van der Waals surface area contributed by atoms with E-state index < -0.39 is 5.82 Å². The Kier molecular flexibility index (Phi) is 4.68. The first kappa shape index (κ1) is 14.5. The second-order valence-corrected chi connectivity index (χ2v) is 5.20. The monoisotopic (exact) mass is 293 g/mol. The molecule has 0 saturated heterocycles. The van der Waals surface area contributed by atoms with Crippen molar-refractivity contribution in [3.8, 4) is 11.3 Å². The Morgan fingerprint density at radius 1 is 1.45 bits per heavy atom. The van der Waals surface area contributed by atoms with Crippen molar-refractivity contribution in [2.24, 2.45) is 0 Å². The number of halogens is 1. The van der Waals surface area contributed by atoms with Crippen LogP contribution in [-0.2, 0) is 4.79 Å². The average Bonchev–Trinajstić information content (AvgIpc) is 2.84. The zero-order chi connectivity index (χ0) is 14.5. The molecule has 6 heteroatoms. The van der Waals surface area contributed by atoms with Gasteiger partial charge in [-0.3, -0.25) is 4.79 Å². The highest BCUT2D eigenvalue weighted by Gasteiger charge is 2.10. The van der Waals surface area contributed by atoms with Gasteiger partial charge in [0.05, 0.1) is 5.69 Å². The van der Waals surface area contributed by atoms with Gasteiger partial charge in [-0.05, 0) is 24.6 Å². The predicted octanol–water partition coefficient (Wildman–Crippen LogP) is 3.73. The summed E-state index contributed by atoms with van der Waals surface area (Å²) in [4.78, 5) is 15.3. The van der Waals surface area contributed by atoms with Gasteiger partial charge in [0.15, 0.2) is 5.13 Å². The fraction of sp³-hybridized carbons (Fsp3) is 0.286. The van der Waals surface area contributed by atoms with Crippen LogP contribution in [0.25, 0.3) is 11.3 Å². The number of hydrogen-bond donors (Lipinski definition) is 2. The lowest BCUT2D eigenvalue weighted by Crippen LogP contribution is -2.06. The number of benzene rings is 1.